The van der Waals surface area contributed by atoms with E-state index in [1.165, 1.54) is 5.56 Å². The van der Waals surface area contributed by atoms with Gasteiger partial charge in [0.25, 0.3) is 0 Å². The van der Waals surface area contributed by atoms with Gasteiger partial charge in [-0.2, -0.15) is 0 Å². The molecule has 2 aromatic heterocycles. The molecule has 0 saturated heterocycles. The van der Waals surface area contributed by atoms with E-state index in [4.69, 9.17) is 10.5 Å². The molecule has 2 aromatic carbocycles. The lowest BCUT2D eigenvalue weighted by molar-refractivity contribution is -0.134. The molecule has 0 saturated carbocycles. The predicted molar refractivity (Wildman–Crippen MR) is 134 cm³/mol. The van der Waals surface area contributed by atoms with Crippen molar-refractivity contribution in [2.45, 2.75) is 32.1 Å². The number of carbonyl (C=O) groups is 2. The highest BCUT2D eigenvalue weighted by Crippen LogP contribution is 2.25. The van der Waals surface area contributed by atoms with Crippen molar-refractivity contribution in [2.24, 2.45) is 5.73 Å². The fraction of sp³-hybridized carbons (Fsp3) is 0.308. The highest BCUT2D eigenvalue weighted by atomic mass is 16.5. The molecular formula is C26H32N4O4. The first-order valence-electron chi connectivity index (χ1n) is 11.4. The van der Waals surface area contributed by atoms with Gasteiger partial charge in [0.2, 0.25) is 0 Å². The minimum Gasteiger partial charge on any atom is -0.508 e. The highest BCUT2D eigenvalue weighted by molar-refractivity contribution is 5.86. The zero-order chi connectivity index (χ0) is 24.3. The van der Waals surface area contributed by atoms with Crippen molar-refractivity contribution in [2.75, 3.05) is 20.1 Å². The third-order valence-corrected chi connectivity index (χ3v) is 5.48. The van der Waals surface area contributed by atoms with E-state index in [0.29, 0.717) is 30.9 Å². The van der Waals surface area contributed by atoms with Crippen molar-refractivity contribution >= 4 is 34.1 Å². The molecule has 0 bridgehead atoms. The number of aromatic nitrogens is 2. The van der Waals surface area contributed by atoms with Crippen LogP contribution >= 0.6 is 0 Å². The molecule has 180 valence electrons. The Morgan fingerprint density at radius 2 is 1.74 bits per heavy atom. The summed E-state index contributed by atoms with van der Waals surface area (Å²) in [5.41, 5.74) is 10.00. The summed E-state index contributed by atoms with van der Waals surface area (Å²) in [4.78, 5) is 28.1. The number of phenols is 1. The summed E-state index contributed by atoms with van der Waals surface area (Å²) in [5.74, 6) is 0.524. The van der Waals surface area contributed by atoms with Gasteiger partial charge < -0.3 is 35.7 Å². The molecule has 8 nitrogen and oxygen atoms in total. The number of fused-ring (bicyclic) bond motifs is 2. The Morgan fingerprint density at radius 1 is 1.06 bits per heavy atom. The number of aromatic hydroxyl groups is 1. The summed E-state index contributed by atoms with van der Waals surface area (Å²) >= 11 is 0. The molecule has 2 heterocycles. The predicted octanol–water partition coefficient (Wildman–Crippen LogP) is 3.58. The molecule has 0 fully saturated rings. The number of hydrogen-bond donors (Lipinski definition) is 5. The van der Waals surface area contributed by atoms with E-state index in [-0.39, 0.29) is 12.4 Å². The third kappa shape index (κ3) is 6.69. The van der Waals surface area contributed by atoms with Crippen molar-refractivity contribution in [1.29, 1.82) is 0 Å². The SMILES string of the molecule is CNCCc1c[nH]c2ccc(O)cc12.NCCc1c[nH]c2ccc(OC(=O)CCCC=O)cc12. The molecule has 0 unspecified atom stereocenters. The van der Waals surface area contributed by atoms with Crippen LogP contribution in [-0.2, 0) is 22.4 Å². The van der Waals surface area contributed by atoms with Gasteiger partial charge in [-0.25, -0.2) is 0 Å². The number of ether oxygens (including phenoxy) is 1. The number of phenolic OH excluding ortho intramolecular Hbond substituents is 1. The van der Waals surface area contributed by atoms with Crippen molar-refractivity contribution in [3.05, 3.63) is 59.9 Å². The quantitative estimate of drug-likeness (QED) is 0.105. The molecule has 0 amide bonds. The molecule has 0 aliphatic heterocycles. The second-order valence-corrected chi connectivity index (χ2v) is 7.99. The second kappa shape index (κ2) is 12.6. The maximum absolute atomic E-state index is 11.6. The maximum Gasteiger partial charge on any atom is 0.311 e. The molecule has 0 radical (unpaired) electrons. The number of unbranched alkanes of at least 4 members (excludes halogenated alkanes) is 1. The Labute approximate surface area is 198 Å². The number of aldehydes is 1. The molecule has 0 aliphatic rings. The molecular weight excluding hydrogens is 432 g/mol. The minimum absolute atomic E-state index is 0.250. The van der Waals surface area contributed by atoms with E-state index in [1.807, 2.05) is 37.6 Å². The zero-order valence-electron chi connectivity index (χ0n) is 19.4. The van der Waals surface area contributed by atoms with Crippen molar-refractivity contribution in [1.82, 2.24) is 15.3 Å². The summed E-state index contributed by atoms with van der Waals surface area (Å²) < 4.78 is 5.27. The van der Waals surface area contributed by atoms with Gasteiger partial charge in [0.1, 0.15) is 17.8 Å². The Balaban J connectivity index is 0.000000202. The lowest BCUT2D eigenvalue weighted by atomic mass is 10.1. The van der Waals surface area contributed by atoms with E-state index < -0.39 is 0 Å². The fourth-order valence-corrected chi connectivity index (χ4v) is 3.73. The van der Waals surface area contributed by atoms with Crippen LogP contribution in [0.4, 0.5) is 0 Å². The van der Waals surface area contributed by atoms with Crippen LogP contribution in [0.5, 0.6) is 11.5 Å². The van der Waals surface area contributed by atoms with Gasteiger partial charge in [0.15, 0.2) is 0 Å². The van der Waals surface area contributed by atoms with Crippen LogP contribution in [0.2, 0.25) is 0 Å². The zero-order valence-corrected chi connectivity index (χ0v) is 19.4. The topological polar surface area (TPSA) is 133 Å². The molecule has 4 rings (SSSR count). The van der Waals surface area contributed by atoms with Crippen LogP contribution in [0.1, 0.15) is 30.4 Å². The lowest BCUT2D eigenvalue weighted by Crippen LogP contribution is -2.09. The first-order valence-corrected chi connectivity index (χ1v) is 11.4. The average molecular weight is 465 g/mol. The van der Waals surface area contributed by atoms with Gasteiger partial charge in [-0.05, 0) is 86.9 Å². The van der Waals surface area contributed by atoms with Gasteiger partial charge in [-0.15, -0.1) is 0 Å². The fourth-order valence-electron chi connectivity index (χ4n) is 3.73. The van der Waals surface area contributed by atoms with Crippen LogP contribution in [-0.4, -0.2) is 47.5 Å². The number of rotatable bonds is 10. The number of nitrogens with two attached hydrogens (primary N) is 1. The maximum atomic E-state index is 11.6. The Morgan fingerprint density at radius 3 is 2.41 bits per heavy atom. The standard InChI is InChI=1S/C15H18N2O3.C11H14N2O/c16-7-6-11-10-17-14-5-4-12(9-13(11)14)20-15(19)3-1-2-8-18;1-12-5-4-8-7-13-11-3-2-9(14)6-10(8)11/h4-5,8-10,17H,1-3,6-7,16H2;2-3,6-7,12-14H,4-5H2,1H3. The molecule has 0 spiro atoms. The van der Waals surface area contributed by atoms with Crippen LogP contribution in [0, 0.1) is 0 Å². The Kier molecular flexibility index (Phi) is 9.25. The molecule has 0 atom stereocenters. The number of benzene rings is 2. The van der Waals surface area contributed by atoms with Gasteiger partial charge in [0.05, 0.1) is 0 Å². The van der Waals surface area contributed by atoms with E-state index in [0.717, 1.165) is 53.0 Å². The average Bonchev–Trinajstić information content (AvgIpc) is 3.42. The summed E-state index contributed by atoms with van der Waals surface area (Å²) in [6, 6.07) is 10.9. The normalized spacial score (nSPS) is 10.8. The summed E-state index contributed by atoms with van der Waals surface area (Å²) in [7, 11) is 1.94. The van der Waals surface area contributed by atoms with Crippen molar-refractivity contribution in [3.63, 3.8) is 0 Å². The first kappa shape index (κ1) is 25.0. The van der Waals surface area contributed by atoms with Crippen LogP contribution < -0.4 is 15.8 Å². The molecule has 34 heavy (non-hydrogen) atoms. The second-order valence-electron chi connectivity index (χ2n) is 7.99. The largest absolute Gasteiger partial charge is 0.508 e. The van der Waals surface area contributed by atoms with Gasteiger partial charge in [-0.1, -0.05) is 0 Å². The number of carbonyl (C=O) groups excluding carboxylic acids is 2. The summed E-state index contributed by atoms with van der Waals surface area (Å²) in [5, 5.41) is 14.6. The molecule has 6 N–H and O–H groups in total. The van der Waals surface area contributed by atoms with E-state index in [2.05, 4.69) is 15.3 Å². The van der Waals surface area contributed by atoms with Crippen molar-refractivity contribution < 1.29 is 19.4 Å². The minimum atomic E-state index is -0.317. The molecule has 4 aromatic rings. The van der Waals surface area contributed by atoms with Crippen LogP contribution in [0.3, 0.4) is 0 Å². The van der Waals surface area contributed by atoms with Crippen LogP contribution in [0.15, 0.2) is 48.8 Å². The first-order chi connectivity index (χ1) is 16.5. The number of aromatic amines is 2. The van der Waals surface area contributed by atoms with Crippen molar-refractivity contribution in [3.8, 4) is 11.5 Å². The summed E-state index contributed by atoms with van der Waals surface area (Å²) in [6.45, 7) is 1.52. The van der Waals surface area contributed by atoms with Gasteiger partial charge in [-0.3, -0.25) is 4.79 Å². The van der Waals surface area contributed by atoms with Gasteiger partial charge in [0, 0.05) is 47.0 Å². The van der Waals surface area contributed by atoms with E-state index >= 15 is 0 Å². The number of esters is 1. The van der Waals surface area contributed by atoms with Gasteiger partial charge >= 0.3 is 5.97 Å². The Hall–Kier alpha value is -3.62. The smallest absolute Gasteiger partial charge is 0.311 e. The number of hydrogen-bond acceptors (Lipinski definition) is 6. The van der Waals surface area contributed by atoms with Crippen LogP contribution in [0.25, 0.3) is 21.8 Å². The Bertz CT molecular complexity index is 1230. The monoisotopic (exact) mass is 464 g/mol. The number of nitrogens with one attached hydrogen (secondary N) is 3. The third-order valence-electron chi connectivity index (χ3n) is 5.48. The molecule has 8 heteroatoms. The van der Waals surface area contributed by atoms with E-state index in [1.54, 1.807) is 18.2 Å². The number of likely N-dealkylation sites (N-methyl/N-ethyl adjacent to an activating group) is 1. The number of H-pyrrole nitrogens is 2. The molecule has 0 aliphatic carbocycles. The van der Waals surface area contributed by atoms with E-state index in [9.17, 15) is 14.7 Å². The highest BCUT2D eigenvalue weighted by Gasteiger charge is 2.08. The lowest BCUT2D eigenvalue weighted by Gasteiger charge is -2.04. The summed E-state index contributed by atoms with van der Waals surface area (Å²) in [6.07, 6.45) is 7.63.